The molecule has 1 atom stereocenters. The Bertz CT molecular complexity index is 1060. The van der Waals surface area contributed by atoms with Crippen molar-refractivity contribution in [3.8, 4) is 0 Å². The third-order valence-electron chi connectivity index (χ3n) is 8.21. The van der Waals surface area contributed by atoms with Crippen molar-refractivity contribution < 1.29 is 9.53 Å². The summed E-state index contributed by atoms with van der Waals surface area (Å²) >= 11 is 1.88. The molecule has 4 aliphatic rings. The number of amides is 1. The summed E-state index contributed by atoms with van der Waals surface area (Å²) in [7, 11) is 0. The van der Waals surface area contributed by atoms with E-state index < -0.39 is 0 Å². The molecule has 3 aliphatic heterocycles. The number of rotatable bonds is 5. The molecule has 1 aliphatic carbocycles. The molecule has 5 heterocycles. The summed E-state index contributed by atoms with van der Waals surface area (Å²) in [6.45, 7) is 11.6. The first kappa shape index (κ1) is 23.6. The van der Waals surface area contributed by atoms with Gasteiger partial charge in [0.2, 0.25) is 5.91 Å². The summed E-state index contributed by atoms with van der Waals surface area (Å²) in [6.07, 6.45) is 7.11. The second kappa shape index (κ2) is 10.3. The fourth-order valence-electron chi connectivity index (χ4n) is 6.15. The van der Waals surface area contributed by atoms with E-state index in [2.05, 4.69) is 26.5 Å². The van der Waals surface area contributed by atoms with E-state index in [1.807, 2.05) is 11.3 Å². The van der Waals surface area contributed by atoms with Gasteiger partial charge in [0.05, 0.1) is 31.7 Å². The van der Waals surface area contributed by atoms with Gasteiger partial charge in [0, 0.05) is 56.7 Å². The molecule has 0 aromatic carbocycles. The number of fused-ring (bicyclic) bond motifs is 3. The summed E-state index contributed by atoms with van der Waals surface area (Å²) in [5, 5.41) is 1.31. The molecule has 1 amide bonds. The Morgan fingerprint density at radius 1 is 0.971 bits per heavy atom. The Hall–Kier alpha value is -1.81. The highest BCUT2D eigenvalue weighted by Crippen LogP contribution is 2.41. The van der Waals surface area contributed by atoms with E-state index in [4.69, 9.17) is 14.7 Å². The molecule has 0 radical (unpaired) electrons. The first-order chi connectivity index (χ1) is 17.2. The van der Waals surface area contributed by atoms with Crippen molar-refractivity contribution in [2.24, 2.45) is 0 Å². The maximum Gasteiger partial charge on any atom is 0.236 e. The highest BCUT2D eigenvalue weighted by atomic mass is 32.1. The molecule has 3 saturated heterocycles. The molecule has 3 fully saturated rings. The lowest BCUT2D eigenvalue weighted by molar-refractivity contribution is -0.135. The highest BCUT2D eigenvalue weighted by Gasteiger charge is 2.29. The molecule has 6 rings (SSSR count). The average Bonchev–Trinajstić information content (AvgIpc) is 3.46. The van der Waals surface area contributed by atoms with E-state index in [1.54, 1.807) is 0 Å². The Morgan fingerprint density at radius 2 is 1.80 bits per heavy atom. The second-order valence-electron chi connectivity index (χ2n) is 10.6. The summed E-state index contributed by atoms with van der Waals surface area (Å²) in [5.74, 6) is 2.37. The van der Waals surface area contributed by atoms with Crippen LogP contribution in [0.4, 0.5) is 5.82 Å². The number of anilines is 1. The topological polar surface area (TPSA) is 65.0 Å². The molecule has 35 heavy (non-hydrogen) atoms. The molecule has 2 aromatic heterocycles. The number of thiophene rings is 1. The lowest BCUT2D eigenvalue weighted by Gasteiger charge is -2.38. The number of hydrogen-bond acceptors (Lipinski definition) is 8. The van der Waals surface area contributed by atoms with Crippen LogP contribution in [0.25, 0.3) is 10.2 Å². The maximum atomic E-state index is 13.0. The molecule has 0 bridgehead atoms. The monoisotopic (exact) mass is 498 g/mol. The number of hydrogen-bond donors (Lipinski definition) is 0. The molecule has 1 unspecified atom stereocenters. The van der Waals surface area contributed by atoms with Gasteiger partial charge in [-0.1, -0.05) is 0 Å². The van der Waals surface area contributed by atoms with Crippen molar-refractivity contribution in [2.45, 2.75) is 58.0 Å². The standard InChI is InChI=1S/C26H38N6O2S/c1-19-5-2-3-8-32(19)23(33)18-29-9-11-31(12-10-29)25-24-20-6-4-7-21(20)35-26(24)28-22(27-25)17-30-13-15-34-16-14-30/h19H,2-18H2,1H3. The predicted molar refractivity (Wildman–Crippen MR) is 139 cm³/mol. The number of ether oxygens (including phenoxy) is 1. The number of aromatic nitrogens is 2. The largest absolute Gasteiger partial charge is 0.379 e. The third-order valence-corrected chi connectivity index (χ3v) is 9.40. The highest BCUT2D eigenvalue weighted by molar-refractivity contribution is 7.19. The minimum atomic E-state index is 0.304. The maximum absolute atomic E-state index is 13.0. The van der Waals surface area contributed by atoms with Crippen molar-refractivity contribution >= 4 is 33.3 Å². The van der Waals surface area contributed by atoms with Crippen LogP contribution in [0.3, 0.4) is 0 Å². The van der Waals surface area contributed by atoms with Gasteiger partial charge in [0.1, 0.15) is 16.5 Å². The third kappa shape index (κ3) is 4.92. The SMILES string of the molecule is CC1CCCCN1C(=O)CN1CCN(c2nc(CN3CCOCC3)nc3sc4c(c23)CCC4)CC1. The number of nitrogens with zero attached hydrogens (tertiary/aromatic N) is 6. The number of piperidine rings is 1. The van der Waals surface area contributed by atoms with Crippen LogP contribution in [-0.2, 0) is 28.9 Å². The number of carbonyl (C=O) groups is 1. The normalized spacial score (nSPS) is 24.3. The number of carbonyl (C=O) groups excluding carboxylic acids is 1. The van der Waals surface area contributed by atoms with E-state index >= 15 is 0 Å². The fraction of sp³-hybridized carbons (Fsp3) is 0.731. The van der Waals surface area contributed by atoms with Gasteiger partial charge in [-0.15, -0.1) is 11.3 Å². The Kier molecular flexibility index (Phi) is 6.93. The zero-order valence-corrected chi connectivity index (χ0v) is 21.8. The van der Waals surface area contributed by atoms with Crippen molar-refractivity contribution in [2.75, 3.05) is 70.5 Å². The van der Waals surface area contributed by atoms with Crippen molar-refractivity contribution in [3.05, 3.63) is 16.3 Å². The summed E-state index contributed by atoms with van der Waals surface area (Å²) in [4.78, 5) is 35.2. The Labute approximate surface area is 212 Å². The Morgan fingerprint density at radius 3 is 2.60 bits per heavy atom. The minimum Gasteiger partial charge on any atom is -0.379 e. The van der Waals surface area contributed by atoms with Crippen LogP contribution >= 0.6 is 11.3 Å². The average molecular weight is 499 g/mol. The van der Waals surface area contributed by atoms with Gasteiger partial charge in [-0.05, 0) is 51.0 Å². The van der Waals surface area contributed by atoms with E-state index in [9.17, 15) is 4.79 Å². The molecule has 0 N–H and O–H groups in total. The summed E-state index contributed by atoms with van der Waals surface area (Å²) < 4.78 is 5.53. The first-order valence-corrected chi connectivity index (χ1v) is 14.4. The quantitative estimate of drug-likeness (QED) is 0.628. The molecule has 8 nitrogen and oxygen atoms in total. The predicted octanol–water partition coefficient (Wildman–Crippen LogP) is 2.54. The molecule has 2 aromatic rings. The number of morpholine rings is 1. The summed E-state index contributed by atoms with van der Waals surface area (Å²) in [6, 6.07) is 0.386. The number of aryl methyl sites for hydroxylation is 2. The van der Waals surface area contributed by atoms with Gasteiger partial charge in [-0.2, -0.15) is 0 Å². The van der Waals surface area contributed by atoms with Gasteiger partial charge in [-0.3, -0.25) is 14.6 Å². The van der Waals surface area contributed by atoms with E-state index in [-0.39, 0.29) is 0 Å². The van der Waals surface area contributed by atoms with Crippen LogP contribution in [0.15, 0.2) is 0 Å². The van der Waals surface area contributed by atoms with Crippen molar-refractivity contribution in [1.82, 2.24) is 24.7 Å². The zero-order chi connectivity index (χ0) is 23.8. The lowest BCUT2D eigenvalue weighted by atomic mass is 10.0. The zero-order valence-electron chi connectivity index (χ0n) is 21.0. The van der Waals surface area contributed by atoms with Crippen LogP contribution in [0.2, 0.25) is 0 Å². The molecule has 9 heteroatoms. The lowest BCUT2D eigenvalue weighted by Crippen LogP contribution is -2.52. The Balaban J connectivity index is 1.18. The van der Waals surface area contributed by atoms with Crippen LogP contribution in [0.1, 0.15) is 48.9 Å². The van der Waals surface area contributed by atoms with Crippen LogP contribution in [0, 0.1) is 0 Å². The van der Waals surface area contributed by atoms with Gasteiger partial charge in [0.15, 0.2) is 0 Å². The fourth-order valence-corrected chi connectivity index (χ4v) is 7.42. The minimum absolute atomic E-state index is 0.304. The van der Waals surface area contributed by atoms with Gasteiger partial charge >= 0.3 is 0 Å². The second-order valence-corrected chi connectivity index (χ2v) is 11.7. The van der Waals surface area contributed by atoms with E-state index in [0.29, 0.717) is 18.5 Å². The smallest absolute Gasteiger partial charge is 0.236 e. The van der Waals surface area contributed by atoms with Crippen molar-refractivity contribution in [1.29, 1.82) is 0 Å². The molecule has 0 spiro atoms. The van der Waals surface area contributed by atoms with Gasteiger partial charge < -0.3 is 14.5 Å². The van der Waals surface area contributed by atoms with Crippen LogP contribution < -0.4 is 4.90 Å². The van der Waals surface area contributed by atoms with E-state index in [1.165, 1.54) is 39.9 Å². The van der Waals surface area contributed by atoms with Crippen LogP contribution in [0.5, 0.6) is 0 Å². The molecule has 190 valence electrons. The van der Waals surface area contributed by atoms with Gasteiger partial charge in [-0.25, -0.2) is 9.97 Å². The molecule has 0 saturated carbocycles. The number of likely N-dealkylation sites (tertiary alicyclic amines) is 1. The van der Waals surface area contributed by atoms with Crippen molar-refractivity contribution in [3.63, 3.8) is 0 Å². The van der Waals surface area contributed by atoms with Gasteiger partial charge in [0.25, 0.3) is 0 Å². The molecular weight excluding hydrogens is 460 g/mol. The summed E-state index contributed by atoms with van der Waals surface area (Å²) in [5.41, 5.74) is 1.50. The first-order valence-electron chi connectivity index (χ1n) is 13.5. The van der Waals surface area contributed by atoms with Crippen LogP contribution in [-0.4, -0.2) is 102 Å². The number of piperazine rings is 1. The van der Waals surface area contributed by atoms with E-state index in [0.717, 1.165) is 96.5 Å². The molecular formula is C26H38N6O2S.